The Kier molecular flexibility index (Phi) is 6.46. The SMILES string of the molecule is CCC(=O)O[C@]1(C(=O)SC(=O)S)[C@H](C)C[C@H]2C3C[C@H](F)C4=CC(=O)C=C[C@]4(C)[C@@]3(F)[C@@H](O)C[C@@]21C. The maximum atomic E-state index is 17.3. The molecule has 0 radical (unpaired) electrons. The molecule has 4 aliphatic rings. The second-order valence-electron chi connectivity index (χ2n) is 10.7. The smallest absolute Gasteiger partial charge is 0.306 e. The number of halogens is 2. The molecule has 0 aromatic heterocycles. The number of aliphatic hydroxyl groups excluding tert-OH is 1. The van der Waals surface area contributed by atoms with Gasteiger partial charge >= 0.3 is 5.97 Å². The van der Waals surface area contributed by atoms with Gasteiger partial charge in [-0.2, -0.15) is 0 Å². The first kappa shape index (κ1) is 26.5. The standard InChI is InChI=1S/C25H30F2O6S2/c1-5-19(30)33-25(20(31)35-21(32)34)12(2)8-14-15-10-17(26)16-9-13(28)6-7-22(16,3)24(15,27)18(29)11-23(14,25)4/h6-7,9,12,14-15,17-18,29H,5,8,10-11H2,1-4H3,(H,32,34)/t12-,14+,15?,17+,18+,22+,23+,24+,25+/m1/s1. The monoisotopic (exact) mass is 528 g/mol. The average molecular weight is 529 g/mol. The van der Waals surface area contributed by atoms with Gasteiger partial charge in [0.15, 0.2) is 17.1 Å². The van der Waals surface area contributed by atoms with Gasteiger partial charge in [-0.3, -0.25) is 19.2 Å². The van der Waals surface area contributed by atoms with Crippen LogP contribution in [0.2, 0.25) is 0 Å². The summed E-state index contributed by atoms with van der Waals surface area (Å²) in [5, 5.41) is 10.7. The highest BCUT2D eigenvalue weighted by atomic mass is 32.2. The van der Waals surface area contributed by atoms with Crippen LogP contribution in [-0.2, 0) is 19.1 Å². The Balaban J connectivity index is 1.88. The Morgan fingerprint density at radius 3 is 2.51 bits per heavy atom. The number of rotatable bonds is 3. The lowest BCUT2D eigenvalue weighted by Crippen LogP contribution is -2.70. The number of aliphatic hydroxyl groups is 1. The topological polar surface area (TPSA) is 97.7 Å². The van der Waals surface area contributed by atoms with Gasteiger partial charge in [-0.1, -0.05) is 39.5 Å². The zero-order valence-corrected chi connectivity index (χ0v) is 21.8. The van der Waals surface area contributed by atoms with Gasteiger partial charge in [-0.05, 0) is 49.8 Å². The van der Waals surface area contributed by atoms with Crippen molar-refractivity contribution in [1.29, 1.82) is 0 Å². The highest BCUT2D eigenvalue weighted by molar-refractivity contribution is 8.39. The summed E-state index contributed by atoms with van der Waals surface area (Å²) in [5.41, 5.74) is -6.96. The minimum Gasteiger partial charge on any atom is -0.449 e. The van der Waals surface area contributed by atoms with E-state index in [-0.39, 0.29) is 31.3 Å². The molecule has 4 aliphatic carbocycles. The maximum absolute atomic E-state index is 17.3. The number of thioether (sulfide) groups is 1. The van der Waals surface area contributed by atoms with Gasteiger partial charge in [-0.25, -0.2) is 8.78 Å². The third kappa shape index (κ3) is 3.38. The molecule has 0 spiro atoms. The van der Waals surface area contributed by atoms with E-state index in [1.54, 1.807) is 20.8 Å². The highest BCUT2D eigenvalue weighted by Crippen LogP contribution is 2.72. The number of carbonyl (C=O) groups is 4. The summed E-state index contributed by atoms with van der Waals surface area (Å²) in [6, 6.07) is 0. The van der Waals surface area contributed by atoms with E-state index in [4.69, 9.17) is 4.74 Å². The molecule has 6 nitrogen and oxygen atoms in total. The van der Waals surface area contributed by atoms with Crippen LogP contribution in [0.4, 0.5) is 13.6 Å². The molecular weight excluding hydrogens is 498 g/mol. The van der Waals surface area contributed by atoms with Gasteiger partial charge in [0.05, 0.1) is 6.10 Å². The summed E-state index contributed by atoms with van der Waals surface area (Å²) in [4.78, 5) is 49.8. The van der Waals surface area contributed by atoms with Gasteiger partial charge in [0, 0.05) is 40.8 Å². The normalized spacial score (nSPS) is 46.2. The van der Waals surface area contributed by atoms with Crippen LogP contribution in [0, 0.1) is 28.6 Å². The third-order valence-corrected chi connectivity index (χ3v) is 10.2. The average Bonchev–Trinajstić information content (AvgIpc) is 2.98. The van der Waals surface area contributed by atoms with Crippen LogP contribution < -0.4 is 0 Å². The Bertz CT molecular complexity index is 1060. The Morgan fingerprint density at radius 2 is 1.91 bits per heavy atom. The summed E-state index contributed by atoms with van der Waals surface area (Å²) in [7, 11) is 0. The minimum absolute atomic E-state index is 0.00780. The molecule has 0 aromatic carbocycles. The molecule has 3 fully saturated rings. The quantitative estimate of drug-likeness (QED) is 0.410. The molecule has 0 heterocycles. The lowest BCUT2D eigenvalue weighted by Gasteiger charge is -2.63. The number of fused-ring (bicyclic) bond motifs is 5. The number of alkyl halides is 2. The van der Waals surface area contributed by atoms with E-state index in [9.17, 15) is 24.3 Å². The van der Waals surface area contributed by atoms with E-state index < -0.39 is 73.4 Å². The first-order valence-corrected chi connectivity index (χ1v) is 13.1. The fourth-order valence-corrected chi connectivity index (χ4v) is 8.66. The van der Waals surface area contributed by atoms with Gasteiger partial charge in [0.2, 0.25) is 5.12 Å². The van der Waals surface area contributed by atoms with Crippen molar-refractivity contribution in [3.05, 3.63) is 23.8 Å². The second kappa shape index (κ2) is 8.52. The first-order valence-electron chi connectivity index (χ1n) is 11.8. The van der Waals surface area contributed by atoms with E-state index in [1.165, 1.54) is 19.1 Å². The number of hydrogen-bond donors (Lipinski definition) is 2. The lowest BCUT2D eigenvalue weighted by atomic mass is 9.44. The largest absolute Gasteiger partial charge is 0.449 e. The summed E-state index contributed by atoms with van der Waals surface area (Å²) in [5.74, 6) is -3.39. The molecule has 1 N–H and O–H groups in total. The van der Waals surface area contributed by atoms with Gasteiger partial charge < -0.3 is 9.84 Å². The predicted molar refractivity (Wildman–Crippen MR) is 129 cm³/mol. The van der Waals surface area contributed by atoms with Gasteiger partial charge in [0.1, 0.15) is 6.17 Å². The van der Waals surface area contributed by atoms with E-state index in [0.717, 1.165) is 6.08 Å². The van der Waals surface area contributed by atoms with Crippen LogP contribution in [0.5, 0.6) is 0 Å². The maximum Gasteiger partial charge on any atom is 0.306 e. The molecule has 1 unspecified atom stereocenters. The molecular formula is C25H30F2O6S2. The summed E-state index contributed by atoms with van der Waals surface area (Å²) in [6.07, 6.45) is 0.0570. The van der Waals surface area contributed by atoms with Crippen molar-refractivity contribution in [2.75, 3.05) is 0 Å². The van der Waals surface area contributed by atoms with Crippen molar-refractivity contribution in [3.8, 4) is 0 Å². The fraction of sp³-hybridized carbons (Fsp3) is 0.680. The molecule has 0 amide bonds. The van der Waals surface area contributed by atoms with Crippen LogP contribution in [0.3, 0.4) is 0 Å². The van der Waals surface area contributed by atoms with Gasteiger partial charge in [-0.15, -0.1) is 0 Å². The molecule has 3 saturated carbocycles. The fourth-order valence-electron chi connectivity index (χ4n) is 7.62. The Labute approximate surface area is 212 Å². The predicted octanol–water partition coefficient (Wildman–Crippen LogP) is 4.55. The summed E-state index contributed by atoms with van der Waals surface area (Å²) >= 11 is 4.02. The number of esters is 1. The van der Waals surface area contributed by atoms with Crippen LogP contribution in [0.15, 0.2) is 23.8 Å². The summed E-state index contributed by atoms with van der Waals surface area (Å²) < 4.78 is 37.9. The molecule has 35 heavy (non-hydrogen) atoms. The van der Waals surface area contributed by atoms with Crippen molar-refractivity contribution in [2.45, 2.75) is 76.9 Å². The number of ketones is 1. The number of allylic oxidation sites excluding steroid dienone is 4. The molecule has 192 valence electrons. The van der Waals surface area contributed by atoms with Crippen LogP contribution >= 0.6 is 24.4 Å². The number of thiol groups is 1. The summed E-state index contributed by atoms with van der Waals surface area (Å²) in [6.45, 7) is 6.42. The van der Waals surface area contributed by atoms with Gasteiger partial charge in [0.25, 0.3) is 4.45 Å². The van der Waals surface area contributed by atoms with Crippen molar-refractivity contribution in [2.24, 2.45) is 28.6 Å². The Morgan fingerprint density at radius 1 is 1.26 bits per heavy atom. The zero-order valence-electron chi connectivity index (χ0n) is 20.0. The number of hydrogen-bond acceptors (Lipinski definition) is 7. The molecule has 0 aromatic rings. The van der Waals surface area contributed by atoms with Crippen molar-refractivity contribution in [3.63, 3.8) is 0 Å². The Hall–Kier alpha value is -1.52. The van der Waals surface area contributed by atoms with E-state index in [2.05, 4.69) is 12.6 Å². The van der Waals surface area contributed by atoms with E-state index >= 15 is 8.78 Å². The number of carbonyl (C=O) groups excluding carboxylic acids is 4. The van der Waals surface area contributed by atoms with Crippen molar-refractivity contribution < 1.29 is 37.8 Å². The molecule has 0 bridgehead atoms. The van der Waals surface area contributed by atoms with Crippen molar-refractivity contribution in [1.82, 2.24) is 0 Å². The zero-order chi connectivity index (χ0) is 26.1. The van der Waals surface area contributed by atoms with E-state index in [1.807, 2.05) is 0 Å². The number of ether oxygens (including phenoxy) is 1. The molecule has 10 heteroatoms. The molecule has 0 aliphatic heterocycles. The first-order chi connectivity index (χ1) is 16.2. The molecule has 0 saturated heterocycles. The van der Waals surface area contributed by atoms with Crippen LogP contribution in [-0.4, -0.2) is 50.0 Å². The third-order valence-electron chi connectivity index (χ3n) is 9.22. The van der Waals surface area contributed by atoms with Crippen LogP contribution in [0.25, 0.3) is 0 Å². The molecule has 4 rings (SSSR count). The lowest BCUT2D eigenvalue weighted by molar-refractivity contribution is -0.228. The molecule has 9 atom stereocenters. The minimum atomic E-state index is -2.32. The van der Waals surface area contributed by atoms with Crippen LogP contribution in [0.1, 0.15) is 53.4 Å². The second-order valence-corrected chi connectivity index (χ2v) is 12.4. The highest BCUT2D eigenvalue weighted by Gasteiger charge is 2.78. The van der Waals surface area contributed by atoms with Crippen molar-refractivity contribution >= 4 is 45.7 Å². The van der Waals surface area contributed by atoms with E-state index in [0.29, 0.717) is 11.8 Å².